The lowest BCUT2D eigenvalue weighted by Gasteiger charge is -2.28. The maximum atomic E-state index is 6.36. The van der Waals surface area contributed by atoms with E-state index in [0.717, 1.165) is 35.9 Å². The van der Waals surface area contributed by atoms with Gasteiger partial charge in [0.25, 0.3) is 0 Å². The molecule has 114 valence electrons. The highest BCUT2D eigenvalue weighted by molar-refractivity contribution is 6.31. The Morgan fingerprint density at radius 2 is 2.00 bits per heavy atom. The van der Waals surface area contributed by atoms with E-state index in [2.05, 4.69) is 50.2 Å². The Hall–Kier alpha value is -0.770. The number of nitrogens with one attached hydrogen (secondary N) is 1. The predicted octanol–water partition coefficient (Wildman–Crippen LogP) is 3.56. The Labute approximate surface area is 128 Å². The number of benzene rings is 1. The summed E-state index contributed by atoms with van der Waals surface area (Å²) in [6, 6.07) is 6.27. The number of rotatable bonds is 7. The molecule has 0 atom stereocenters. The molecule has 1 aromatic rings. The second kappa shape index (κ2) is 7.87. The number of methoxy groups -OCH3 is 1. The van der Waals surface area contributed by atoms with Crippen LogP contribution in [0.15, 0.2) is 18.2 Å². The molecule has 0 aliphatic heterocycles. The van der Waals surface area contributed by atoms with Gasteiger partial charge in [0.05, 0.1) is 6.61 Å². The van der Waals surface area contributed by atoms with Gasteiger partial charge in [0, 0.05) is 44.5 Å². The molecule has 3 nitrogen and oxygen atoms in total. The normalized spacial score (nSPS) is 11.7. The van der Waals surface area contributed by atoms with Crippen LogP contribution in [0.4, 0.5) is 5.69 Å². The summed E-state index contributed by atoms with van der Waals surface area (Å²) >= 11 is 6.36. The molecule has 20 heavy (non-hydrogen) atoms. The van der Waals surface area contributed by atoms with E-state index in [1.54, 1.807) is 7.11 Å². The molecule has 0 heterocycles. The lowest BCUT2D eigenvalue weighted by molar-refractivity contribution is 0.199. The molecule has 0 aromatic heterocycles. The van der Waals surface area contributed by atoms with Gasteiger partial charge in [-0.05, 0) is 23.1 Å². The molecule has 0 bridgehead atoms. The van der Waals surface area contributed by atoms with Crippen LogP contribution in [0.3, 0.4) is 0 Å². The van der Waals surface area contributed by atoms with E-state index in [1.165, 1.54) is 0 Å². The zero-order valence-corrected chi connectivity index (χ0v) is 14.0. The summed E-state index contributed by atoms with van der Waals surface area (Å²) in [6.45, 7) is 10.0. The van der Waals surface area contributed by atoms with E-state index in [1.807, 2.05) is 6.07 Å². The first-order valence-corrected chi connectivity index (χ1v) is 7.40. The highest BCUT2D eigenvalue weighted by Crippen LogP contribution is 2.25. The smallest absolute Gasteiger partial charge is 0.0587 e. The summed E-state index contributed by atoms with van der Waals surface area (Å²) in [4.78, 5) is 2.24. The molecule has 0 spiro atoms. The van der Waals surface area contributed by atoms with Gasteiger partial charge < -0.3 is 15.0 Å². The van der Waals surface area contributed by atoms with Crippen LogP contribution in [0.5, 0.6) is 0 Å². The number of halogens is 1. The zero-order valence-electron chi connectivity index (χ0n) is 13.3. The van der Waals surface area contributed by atoms with Gasteiger partial charge in [0.1, 0.15) is 0 Å². The van der Waals surface area contributed by atoms with Crippen LogP contribution < -0.4 is 10.2 Å². The van der Waals surface area contributed by atoms with Gasteiger partial charge in [-0.3, -0.25) is 0 Å². The fourth-order valence-electron chi connectivity index (χ4n) is 2.12. The molecule has 4 heteroatoms. The van der Waals surface area contributed by atoms with Crippen LogP contribution >= 0.6 is 11.6 Å². The van der Waals surface area contributed by atoms with E-state index in [9.17, 15) is 0 Å². The summed E-state index contributed by atoms with van der Waals surface area (Å²) in [5.41, 5.74) is 2.54. The average Bonchev–Trinajstić information content (AvgIpc) is 2.34. The van der Waals surface area contributed by atoms with Crippen LogP contribution in [0.25, 0.3) is 0 Å². The van der Waals surface area contributed by atoms with Crippen molar-refractivity contribution in [3.8, 4) is 0 Å². The number of anilines is 1. The molecule has 0 radical (unpaired) electrons. The molecule has 0 aliphatic rings. The third-order valence-electron chi connectivity index (χ3n) is 2.99. The SMILES string of the molecule is COCCNCc1ccc(N(C)CC(C)(C)C)cc1Cl. The van der Waals surface area contributed by atoms with E-state index >= 15 is 0 Å². The number of hydrogen-bond donors (Lipinski definition) is 1. The molecule has 0 aliphatic carbocycles. The second-order valence-electron chi connectivity index (χ2n) is 6.36. The van der Waals surface area contributed by atoms with Gasteiger partial charge in [-0.25, -0.2) is 0 Å². The molecule has 0 unspecified atom stereocenters. The third kappa shape index (κ3) is 6.12. The number of ether oxygens (including phenoxy) is 1. The monoisotopic (exact) mass is 298 g/mol. The molecule has 0 fully saturated rings. The molecule has 1 N–H and O–H groups in total. The van der Waals surface area contributed by atoms with Crippen molar-refractivity contribution in [1.82, 2.24) is 5.32 Å². The van der Waals surface area contributed by atoms with Gasteiger partial charge in [0.15, 0.2) is 0 Å². The first kappa shape index (κ1) is 17.3. The first-order valence-electron chi connectivity index (χ1n) is 7.03. The van der Waals surface area contributed by atoms with Gasteiger partial charge >= 0.3 is 0 Å². The van der Waals surface area contributed by atoms with E-state index < -0.39 is 0 Å². The summed E-state index contributed by atoms with van der Waals surface area (Å²) in [5, 5.41) is 4.12. The van der Waals surface area contributed by atoms with Crippen LogP contribution in [0, 0.1) is 5.41 Å². The molecule has 0 saturated carbocycles. The van der Waals surface area contributed by atoms with Crippen molar-refractivity contribution in [2.24, 2.45) is 5.41 Å². The quantitative estimate of drug-likeness (QED) is 0.779. The molecule has 1 aromatic carbocycles. The van der Waals surface area contributed by atoms with Crippen LogP contribution in [-0.2, 0) is 11.3 Å². The largest absolute Gasteiger partial charge is 0.383 e. The van der Waals surface area contributed by atoms with E-state index in [4.69, 9.17) is 16.3 Å². The Morgan fingerprint density at radius 3 is 2.55 bits per heavy atom. The minimum Gasteiger partial charge on any atom is -0.383 e. The number of nitrogens with zero attached hydrogens (tertiary/aromatic N) is 1. The van der Waals surface area contributed by atoms with Crippen molar-refractivity contribution >= 4 is 17.3 Å². The number of hydrogen-bond acceptors (Lipinski definition) is 3. The minimum atomic E-state index is 0.265. The standard InChI is InChI=1S/C16H27ClN2O/c1-16(2,3)12-19(4)14-7-6-13(15(17)10-14)11-18-8-9-20-5/h6-7,10,18H,8-9,11-12H2,1-5H3. The average molecular weight is 299 g/mol. The van der Waals surface area contributed by atoms with Crippen LogP contribution in [0.1, 0.15) is 26.3 Å². The van der Waals surface area contributed by atoms with Crippen molar-refractivity contribution in [3.63, 3.8) is 0 Å². The Bertz CT molecular complexity index is 415. The summed E-state index contributed by atoms with van der Waals surface area (Å²) in [7, 11) is 3.81. The maximum absolute atomic E-state index is 6.36. The van der Waals surface area contributed by atoms with Crippen molar-refractivity contribution in [2.45, 2.75) is 27.3 Å². The summed E-state index contributed by atoms with van der Waals surface area (Å²) in [5.74, 6) is 0. The van der Waals surface area contributed by atoms with Crippen LogP contribution in [0.2, 0.25) is 5.02 Å². The van der Waals surface area contributed by atoms with Crippen molar-refractivity contribution in [1.29, 1.82) is 0 Å². The van der Waals surface area contributed by atoms with Gasteiger partial charge in [-0.2, -0.15) is 0 Å². The Balaban J connectivity index is 2.63. The molecular weight excluding hydrogens is 272 g/mol. The minimum absolute atomic E-state index is 0.265. The Kier molecular flexibility index (Phi) is 6.80. The topological polar surface area (TPSA) is 24.5 Å². The predicted molar refractivity (Wildman–Crippen MR) is 87.8 cm³/mol. The fourth-order valence-corrected chi connectivity index (χ4v) is 2.36. The van der Waals surface area contributed by atoms with E-state index in [-0.39, 0.29) is 5.41 Å². The summed E-state index contributed by atoms with van der Waals surface area (Å²) in [6.07, 6.45) is 0. The summed E-state index contributed by atoms with van der Waals surface area (Å²) < 4.78 is 5.00. The second-order valence-corrected chi connectivity index (χ2v) is 6.77. The zero-order chi connectivity index (χ0) is 15.2. The highest BCUT2D eigenvalue weighted by atomic mass is 35.5. The fraction of sp³-hybridized carbons (Fsp3) is 0.625. The molecular formula is C16H27ClN2O. The lowest BCUT2D eigenvalue weighted by atomic mass is 9.96. The van der Waals surface area contributed by atoms with Crippen molar-refractivity contribution in [2.75, 3.05) is 38.8 Å². The van der Waals surface area contributed by atoms with Crippen molar-refractivity contribution < 1.29 is 4.74 Å². The maximum Gasteiger partial charge on any atom is 0.0587 e. The molecule has 0 saturated heterocycles. The lowest BCUT2D eigenvalue weighted by Crippen LogP contribution is -2.29. The highest BCUT2D eigenvalue weighted by Gasteiger charge is 2.14. The first-order chi connectivity index (χ1) is 9.33. The van der Waals surface area contributed by atoms with Gasteiger partial charge in [-0.15, -0.1) is 0 Å². The van der Waals surface area contributed by atoms with Gasteiger partial charge in [0.2, 0.25) is 0 Å². The van der Waals surface area contributed by atoms with Gasteiger partial charge in [-0.1, -0.05) is 38.4 Å². The van der Waals surface area contributed by atoms with Crippen molar-refractivity contribution in [3.05, 3.63) is 28.8 Å². The Morgan fingerprint density at radius 1 is 1.30 bits per heavy atom. The molecule has 0 amide bonds. The molecule has 1 rings (SSSR count). The van der Waals surface area contributed by atoms with Crippen LogP contribution in [-0.4, -0.2) is 33.9 Å². The van der Waals surface area contributed by atoms with E-state index in [0.29, 0.717) is 6.61 Å². The third-order valence-corrected chi connectivity index (χ3v) is 3.34.